The summed E-state index contributed by atoms with van der Waals surface area (Å²) >= 11 is 8.82. The summed E-state index contributed by atoms with van der Waals surface area (Å²) in [6, 6.07) is 14.6. The molecule has 1 aliphatic rings. The maximum Gasteiger partial charge on any atom is 0.187 e. The SMILES string of the molecule is Cc1ccc(C2=NN(C(N)=S)C(c3ccccc3Br)C2)cc1C. The standard InChI is InChI=1S/C18H18BrN3S/c1-11-7-8-13(9-12(11)2)16-10-17(22(21-16)18(20)23)14-5-3-4-6-15(14)19/h3-9,17H,10H2,1-2H3,(H2,20,23). The molecule has 0 saturated carbocycles. The number of thiocarbonyl (C=S) groups is 1. The minimum atomic E-state index is 0.0275. The predicted octanol–water partition coefficient (Wildman–Crippen LogP) is 4.46. The average Bonchev–Trinajstić information content (AvgIpc) is 2.96. The first-order valence-electron chi connectivity index (χ1n) is 7.45. The molecule has 0 saturated heterocycles. The van der Waals surface area contributed by atoms with Crippen LogP contribution in [0.25, 0.3) is 0 Å². The van der Waals surface area contributed by atoms with Crippen LogP contribution in [0.4, 0.5) is 0 Å². The molecule has 0 radical (unpaired) electrons. The molecule has 0 aliphatic carbocycles. The van der Waals surface area contributed by atoms with E-state index in [4.69, 9.17) is 23.1 Å². The Bertz CT molecular complexity index is 801. The van der Waals surface area contributed by atoms with Crippen LogP contribution in [0, 0.1) is 13.8 Å². The van der Waals surface area contributed by atoms with Gasteiger partial charge in [0, 0.05) is 10.9 Å². The molecule has 0 bridgehead atoms. The van der Waals surface area contributed by atoms with Crippen molar-refractivity contribution in [3.05, 3.63) is 69.2 Å². The first-order chi connectivity index (χ1) is 11.0. The van der Waals surface area contributed by atoms with E-state index < -0.39 is 0 Å². The second-order valence-corrected chi connectivity index (χ2v) is 7.04. The summed E-state index contributed by atoms with van der Waals surface area (Å²) in [5.41, 5.74) is 11.7. The Morgan fingerprint density at radius 3 is 2.61 bits per heavy atom. The van der Waals surface area contributed by atoms with Crippen molar-refractivity contribution in [3.63, 3.8) is 0 Å². The third-order valence-corrected chi connectivity index (χ3v) is 5.15. The van der Waals surface area contributed by atoms with Gasteiger partial charge in [0.15, 0.2) is 5.11 Å². The summed E-state index contributed by atoms with van der Waals surface area (Å²) in [6.45, 7) is 4.23. The zero-order valence-corrected chi connectivity index (χ0v) is 15.5. The van der Waals surface area contributed by atoms with E-state index in [1.54, 1.807) is 5.01 Å². The van der Waals surface area contributed by atoms with E-state index in [2.05, 4.69) is 54.0 Å². The lowest BCUT2D eigenvalue weighted by atomic mass is 9.96. The fourth-order valence-electron chi connectivity index (χ4n) is 2.80. The Morgan fingerprint density at radius 2 is 1.96 bits per heavy atom. The van der Waals surface area contributed by atoms with Crippen molar-refractivity contribution >= 4 is 39.0 Å². The number of rotatable bonds is 2. The topological polar surface area (TPSA) is 41.6 Å². The van der Waals surface area contributed by atoms with E-state index in [-0.39, 0.29) is 6.04 Å². The first-order valence-corrected chi connectivity index (χ1v) is 8.65. The summed E-state index contributed by atoms with van der Waals surface area (Å²) in [4.78, 5) is 0. The Morgan fingerprint density at radius 1 is 1.22 bits per heavy atom. The second kappa shape index (κ2) is 6.42. The molecule has 3 nitrogen and oxygen atoms in total. The lowest BCUT2D eigenvalue weighted by Gasteiger charge is -2.22. The van der Waals surface area contributed by atoms with E-state index >= 15 is 0 Å². The van der Waals surface area contributed by atoms with Gasteiger partial charge in [0.25, 0.3) is 0 Å². The zero-order chi connectivity index (χ0) is 16.6. The highest BCUT2D eigenvalue weighted by atomic mass is 79.9. The Balaban J connectivity index is 1.99. The van der Waals surface area contributed by atoms with Crippen LogP contribution in [0.1, 0.15) is 34.7 Å². The molecule has 5 heteroatoms. The quantitative estimate of drug-likeness (QED) is 0.773. The van der Waals surface area contributed by atoms with Crippen LogP contribution >= 0.6 is 28.1 Å². The molecule has 1 aliphatic heterocycles. The van der Waals surface area contributed by atoms with E-state index in [1.165, 1.54) is 11.1 Å². The van der Waals surface area contributed by atoms with Crippen LogP contribution in [0.15, 0.2) is 52.0 Å². The monoisotopic (exact) mass is 387 g/mol. The highest BCUT2D eigenvalue weighted by Gasteiger charge is 2.31. The molecule has 0 aromatic heterocycles. The van der Waals surface area contributed by atoms with Gasteiger partial charge >= 0.3 is 0 Å². The van der Waals surface area contributed by atoms with Crippen LogP contribution < -0.4 is 5.73 Å². The molecule has 2 N–H and O–H groups in total. The zero-order valence-electron chi connectivity index (χ0n) is 13.1. The number of hydrogen-bond acceptors (Lipinski definition) is 2. The summed E-state index contributed by atoms with van der Waals surface area (Å²) in [6.07, 6.45) is 0.780. The first kappa shape index (κ1) is 16.1. The molecule has 0 spiro atoms. The van der Waals surface area contributed by atoms with Crippen molar-refractivity contribution < 1.29 is 0 Å². The number of nitrogens with zero attached hydrogens (tertiary/aromatic N) is 2. The van der Waals surface area contributed by atoms with Gasteiger partial charge in [-0.3, -0.25) is 0 Å². The lowest BCUT2D eigenvalue weighted by Crippen LogP contribution is -2.31. The molecule has 2 aromatic carbocycles. The van der Waals surface area contributed by atoms with Crippen molar-refractivity contribution in [2.24, 2.45) is 10.8 Å². The van der Waals surface area contributed by atoms with Gasteiger partial charge in [-0.25, -0.2) is 5.01 Å². The fourth-order valence-corrected chi connectivity index (χ4v) is 3.51. The highest BCUT2D eigenvalue weighted by Crippen LogP contribution is 2.36. The summed E-state index contributed by atoms with van der Waals surface area (Å²) in [7, 11) is 0. The van der Waals surface area contributed by atoms with Crippen LogP contribution in [-0.4, -0.2) is 15.8 Å². The largest absolute Gasteiger partial charge is 0.375 e. The minimum absolute atomic E-state index is 0.0275. The smallest absolute Gasteiger partial charge is 0.187 e. The molecule has 1 atom stereocenters. The van der Waals surface area contributed by atoms with Gasteiger partial charge in [-0.1, -0.05) is 46.3 Å². The molecule has 118 valence electrons. The maximum absolute atomic E-state index is 5.90. The number of nitrogens with two attached hydrogens (primary N) is 1. The molecule has 1 unspecified atom stereocenters. The molecule has 0 fully saturated rings. The van der Waals surface area contributed by atoms with Gasteiger partial charge in [0.05, 0.1) is 11.8 Å². The van der Waals surface area contributed by atoms with Crippen LogP contribution in [0.2, 0.25) is 0 Å². The second-order valence-electron chi connectivity index (χ2n) is 5.77. The fraction of sp³-hybridized carbons (Fsp3) is 0.222. The maximum atomic E-state index is 5.90. The number of hydrazone groups is 1. The Kier molecular flexibility index (Phi) is 4.50. The average molecular weight is 388 g/mol. The minimum Gasteiger partial charge on any atom is -0.375 e. The molecular weight excluding hydrogens is 370 g/mol. The van der Waals surface area contributed by atoms with Gasteiger partial charge in [-0.2, -0.15) is 5.10 Å². The number of aryl methyl sites for hydroxylation is 2. The van der Waals surface area contributed by atoms with E-state index in [0.717, 1.165) is 27.7 Å². The predicted molar refractivity (Wildman–Crippen MR) is 103 cm³/mol. The van der Waals surface area contributed by atoms with Crippen molar-refractivity contribution in [3.8, 4) is 0 Å². The van der Waals surface area contributed by atoms with Crippen molar-refractivity contribution in [1.82, 2.24) is 5.01 Å². The van der Waals surface area contributed by atoms with Gasteiger partial charge in [0.1, 0.15) is 0 Å². The molecule has 23 heavy (non-hydrogen) atoms. The molecular formula is C18H18BrN3S. The van der Waals surface area contributed by atoms with Gasteiger partial charge < -0.3 is 5.73 Å². The molecule has 2 aromatic rings. The third kappa shape index (κ3) is 3.16. The molecule has 3 rings (SSSR count). The van der Waals surface area contributed by atoms with Gasteiger partial charge in [-0.05, 0) is 60.5 Å². The van der Waals surface area contributed by atoms with E-state index in [0.29, 0.717) is 5.11 Å². The third-order valence-electron chi connectivity index (χ3n) is 4.24. The Labute approximate surface area is 150 Å². The number of benzene rings is 2. The molecule has 1 heterocycles. The van der Waals surface area contributed by atoms with Crippen molar-refractivity contribution in [2.75, 3.05) is 0 Å². The van der Waals surface area contributed by atoms with E-state index in [1.807, 2.05) is 18.2 Å². The van der Waals surface area contributed by atoms with Crippen molar-refractivity contribution in [1.29, 1.82) is 0 Å². The van der Waals surface area contributed by atoms with Crippen molar-refractivity contribution in [2.45, 2.75) is 26.3 Å². The van der Waals surface area contributed by atoms with Crippen LogP contribution in [0.3, 0.4) is 0 Å². The number of halogens is 1. The molecule has 0 amide bonds. The van der Waals surface area contributed by atoms with Crippen LogP contribution in [0.5, 0.6) is 0 Å². The normalized spacial score (nSPS) is 17.3. The van der Waals surface area contributed by atoms with Gasteiger partial charge in [-0.15, -0.1) is 0 Å². The van der Waals surface area contributed by atoms with Gasteiger partial charge in [0.2, 0.25) is 0 Å². The summed E-state index contributed by atoms with van der Waals surface area (Å²) < 4.78 is 1.04. The Hall–Kier alpha value is -1.72. The van der Waals surface area contributed by atoms with Crippen LogP contribution in [-0.2, 0) is 0 Å². The number of hydrogen-bond donors (Lipinski definition) is 1. The summed E-state index contributed by atoms with van der Waals surface area (Å²) in [5.74, 6) is 0. The lowest BCUT2D eigenvalue weighted by molar-refractivity contribution is 0.371. The summed E-state index contributed by atoms with van der Waals surface area (Å²) in [5, 5.41) is 6.74. The highest BCUT2D eigenvalue weighted by molar-refractivity contribution is 9.10. The van der Waals surface area contributed by atoms with E-state index in [9.17, 15) is 0 Å².